The first-order valence-electron chi connectivity index (χ1n) is 10.6. The van der Waals surface area contributed by atoms with Crippen molar-refractivity contribution in [3.05, 3.63) is 23.3 Å². The molecular weight excluding hydrogens is 356 g/mol. The lowest BCUT2D eigenvalue weighted by molar-refractivity contribution is -0.162. The molecule has 1 N–H and O–H groups in total. The maximum absolute atomic E-state index is 12.3. The maximum Gasteiger partial charge on any atom is 0.307 e. The highest BCUT2D eigenvalue weighted by Crippen LogP contribution is 2.68. The van der Waals surface area contributed by atoms with Crippen LogP contribution in [0.1, 0.15) is 65.2 Å². The molecule has 5 rings (SSSR count). The van der Waals surface area contributed by atoms with Crippen LogP contribution >= 0.6 is 0 Å². The van der Waals surface area contributed by atoms with Gasteiger partial charge in [0.2, 0.25) is 0 Å². The Kier molecular flexibility index (Phi) is 3.61. The minimum Gasteiger partial charge on any atom is -0.481 e. The molecule has 0 aromatic heterocycles. The van der Waals surface area contributed by atoms with Gasteiger partial charge in [-0.2, -0.15) is 0 Å². The number of allylic oxidation sites excluding steroid dienone is 4. The Morgan fingerprint density at radius 1 is 1.18 bits per heavy atom. The van der Waals surface area contributed by atoms with E-state index in [-0.39, 0.29) is 34.4 Å². The minimum absolute atomic E-state index is 0.0368. The first kappa shape index (κ1) is 18.1. The van der Waals surface area contributed by atoms with Crippen molar-refractivity contribution in [3.63, 3.8) is 0 Å². The lowest BCUT2D eigenvalue weighted by Crippen LogP contribution is -2.53. The zero-order valence-corrected chi connectivity index (χ0v) is 16.6. The van der Waals surface area contributed by atoms with Crippen molar-refractivity contribution in [2.45, 2.75) is 70.8 Å². The van der Waals surface area contributed by atoms with E-state index >= 15 is 0 Å². The summed E-state index contributed by atoms with van der Waals surface area (Å²) in [6.45, 7) is 4.42. The zero-order chi connectivity index (χ0) is 19.9. The van der Waals surface area contributed by atoms with Crippen LogP contribution in [0.4, 0.5) is 0 Å². The van der Waals surface area contributed by atoms with Gasteiger partial charge in [-0.15, -0.1) is 0 Å². The molecule has 0 radical (unpaired) electrons. The minimum atomic E-state index is -0.773. The van der Waals surface area contributed by atoms with Crippen LogP contribution in [0.25, 0.3) is 0 Å². The van der Waals surface area contributed by atoms with Gasteiger partial charge < -0.3 is 9.84 Å². The van der Waals surface area contributed by atoms with E-state index in [9.17, 15) is 19.5 Å². The van der Waals surface area contributed by atoms with Crippen molar-refractivity contribution in [1.82, 2.24) is 0 Å². The molecule has 2 saturated carbocycles. The largest absolute Gasteiger partial charge is 0.481 e. The van der Waals surface area contributed by atoms with Crippen molar-refractivity contribution in [1.29, 1.82) is 0 Å². The van der Waals surface area contributed by atoms with Crippen molar-refractivity contribution in [2.24, 2.45) is 28.6 Å². The molecule has 0 aromatic carbocycles. The third kappa shape index (κ3) is 2.11. The van der Waals surface area contributed by atoms with Gasteiger partial charge in [0, 0.05) is 23.7 Å². The molecule has 5 heteroatoms. The van der Waals surface area contributed by atoms with E-state index in [4.69, 9.17) is 4.74 Å². The number of hydrogen-bond acceptors (Lipinski definition) is 4. The average molecular weight is 384 g/mol. The summed E-state index contributed by atoms with van der Waals surface area (Å²) in [5, 5.41) is 10.1. The second-order valence-electron chi connectivity index (χ2n) is 10.0. The van der Waals surface area contributed by atoms with Crippen LogP contribution in [0.3, 0.4) is 0 Å². The van der Waals surface area contributed by atoms with Crippen LogP contribution in [0.2, 0.25) is 0 Å². The van der Waals surface area contributed by atoms with E-state index in [1.165, 1.54) is 5.57 Å². The molecule has 0 aromatic rings. The molecule has 5 aliphatic rings. The summed E-state index contributed by atoms with van der Waals surface area (Å²) >= 11 is 0. The molecular formula is C23H28O5. The van der Waals surface area contributed by atoms with Crippen LogP contribution < -0.4 is 0 Å². The second-order valence-corrected chi connectivity index (χ2v) is 10.0. The first-order chi connectivity index (χ1) is 13.2. The number of carboxylic acids is 1. The summed E-state index contributed by atoms with van der Waals surface area (Å²) in [7, 11) is 0. The maximum atomic E-state index is 12.3. The van der Waals surface area contributed by atoms with Gasteiger partial charge in [0.25, 0.3) is 0 Å². The number of ketones is 1. The van der Waals surface area contributed by atoms with Gasteiger partial charge >= 0.3 is 11.9 Å². The monoisotopic (exact) mass is 384 g/mol. The highest BCUT2D eigenvalue weighted by atomic mass is 16.6. The number of carbonyl (C=O) groups is 3. The summed E-state index contributed by atoms with van der Waals surface area (Å²) in [6.07, 6.45) is 9.53. The summed E-state index contributed by atoms with van der Waals surface area (Å²) in [5.41, 5.74) is 1.40. The molecule has 4 aliphatic carbocycles. The van der Waals surface area contributed by atoms with E-state index in [0.717, 1.165) is 37.7 Å². The highest BCUT2D eigenvalue weighted by molar-refractivity contribution is 5.92. The Labute approximate surface area is 165 Å². The van der Waals surface area contributed by atoms with E-state index < -0.39 is 17.5 Å². The number of esters is 1. The predicted octanol–water partition coefficient (Wildman–Crippen LogP) is 3.82. The van der Waals surface area contributed by atoms with Gasteiger partial charge in [0.05, 0.1) is 5.92 Å². The van der Waals surface area contributed by atoms with Crippen LogP contribution in [-0.4, -0.2) is 28.4 Å². The van der Waals surface area contributed by atoms with Gasteiger partial charge in [-0.25, -0.2) is 0 Å². The standard InChI is InChI=1S/C23H28O5/c1-21-7-3-14(24)11-13(21)12-15(20(26)27)19-16(21)4-8-22(2)17(19)5-9-23(22)10-6-18(25)28-23/h4,11,15,17,19H,3,5-10,12H2,1-2H3,(H,26,27)/t15-,17+,19-,21+,22+,23-/m1/s1. The third-order valence-electron chi connectivity index (χ3n) is 9.04. The number of carboxylic acid groups (broad SMARTS) is 1. The lowest BCUT2D eigenvalue weighted by Gasteiger charge is -2.56. The van der Waals surface area contributed by atoms with E-state index in [1.54, 1.807) is 6.08 Å². The molecule has 0 amide bonds. The van der Waals surface area contributed by atoms with Crippen LogP contribution in [0.5, 0.6) is 0 Å². The summed E-state index contributed by atoms with van der Waals surface area (Å²) < 4.78 is 5.93. The molecule has 6 atom stereocenters. The number of aliphatic carboxylic acids is 1. The number of carbonyl (C=O) groups excluding carboxylic acids is 2. The molecule has 1 spiro atoms. The van der Waals surface area contributed by atoms with Crippen molar-refractivity contribution >= 4 is 17.7 Å². The average Bonchev–Trinajstić information content (AvgIpc) is 3.16. The molecule has 5 nitrogen and oxygen atoms in total. The number of fused-ring (bicyclic) bond motifs is 6. The number of rotatable bonds is 1. The van der Waals surface area contributed by atoms with Crippen LogP contribution in [0, 0.1) is 28.6 Å². The normalized spacial score (nSPS) is 47.0. The Balaban J connectivity index is 1.63. The zero-order valence-electron chi connectivity index (χ0n) is 16.6. The molecule has 150 valence electrons. The van der Waals surface area contributed by atoms with Gasteiger partial charge in [-0.1, -0.05) is 31.1 Å². The van der Waals surface area contributed by atoms with E-state index in [0.29, 0.717) is 19.3 Å². The summed E-state index contributed by atoms with van der Waals surface area (Å²) in [6, 6.07) is 0. The smallest absolute Gasteiger partial charge is 0.307 e. The van der Waals surface area contributed by atoms with E-state index in [2.05, 4.69) is 19.9 Å². The molecule has 1 saturated heterocycles. The molecule has 3 fully saturated rings. The number of ether oxygens (including phenoxy) is 1. The SMILES string of the molecule is C[C@]12CCC(=O)C=C1C[C@@H](C(=O)O)[C@@H]1C2=CC[C@@]2(C)[C@H]1CC[C@@]21CCC(=O)O1. The second kappa shape index (κ2) is 5.58. The van der Waals surface area contributed by atoms with Crippen LogP contribution in [0.15, 0.2) is 23.3 Å². The Morgan fingerprint density at radius 3 is 2.64 bits per heavy atom. The van der Waals surface area contributed by atoms with Gasteiger partial charge in [0.15, 0.2) is 5.78 Å². The Hall–Kier alpha value is -1.91. The fourth-order valence-electron chi connectivity index (χ4n) is 7.39. The van der Waals surface area contributed by atoms with Gasteiger partial charge in [0.1, 0.15) is 5.60 Å². The van der Waals surface area contributed by atoms with Crippen molar-refractivity contribution in [3.8, 4) is 0 Å². The molecule has 0 unspecified atom stereocenters. The first-order valence-corrected chi connectivity index (χ1v) is 10.6. The van der Waals surface area contributed by atoms with Crippen LogP contribution in [-0.2, 0) is 19.1 Å². The van der Waals surface area contributed by atoms with Gasteiger partial charge in [-0.3, -0.25) is 14.4 Å². The van der Waals surface area contributed by atoms with E-state index in [1.807, 2.05) is 0 Å². The highest BCUT2D eigenvalue weighted by Gasteiger charge is 2.67. The Morgan fingerprint density at radius 2 is 1.96 bits per heavy atom. The summed E-state index contributed by atoms with van der Waals surface area (Å²) in [4.78, 5) is 36.3. The number of hydrogen-bond donors (Lipinski definition) is 1. The van der Waals surface area contributed by atoms with Gasteiger partial charge in [-0.05, 0) is 56.4 Å². The molecule has 0 bridgehead atoms. The Bertz CT molecular complexity index is 853. The van der Waals surface area contributed by atoms with Crippen molar-refractivity contribution < 1.29 is 24.2 Å². The molecule has 1 heterocycles. The predicted molar refractivity (Wildman–Crippen MR) is 101 cm³/mol. The topological polar surface area (TPSA) is 80.7 Å². The fraction of sp³-hybridized carbons (Fsp3) is 0.696. The van der Waals surface area contributed by atoms with Crippen molar-refractivity contribution in [2.75, 3.05) is 0 Å². The summed E-state index contributed by atoms with van der Waals surface area (Å²) in [5.74, 6) is -1.10. The lowest BCUT2D eigenvalue weighted by atomic mass is 9.48. The fourth-order valence-corrected chi connectivity index (χ4v) is 7.39. The quantitative estimate of drug-likeness (QED) is 0.549. The molecule has 1 aliphatic heterocycles. The molecule has 28 heavy (non-hydrogen) atoms. The third-order valence-corrected chi connectivity index (χ3v) is 9.04.